The molecule has 1 saturated heterocycles. The second-order valence-electron chi connectivity index (χ2n) is 10.9. The average molecular weight is 616 g/mol. The molecule has 2 atom stereocenters. The van der Waals surface area contributed by atoms with E-state index in [1.54, 1.807) is 29.2 Å². The maximum absolute atomic E-state index is 14.6. The highest BCUT2D eigenvalue weighted by Gasteiger charge is 2.55. The number of carbonyl (C=O) groups is 1. The van der Waals surface area contributed by atoms with Crippen molar-refractivity contribution in [3.8, 4) is 0 Å². The van der Waals surface area contributed by atoms with Gasteiger partial charge in [0.25, 0.3) is 5.91 Å². The number of anilines is 2. The van der Waals surface area contributed by atoms with Gasteiger partial charge in [-0.05, 0) is 36.1 Å². The number of alkyl halides is 6. The molecular weight excluding hydrogens is 588 g/mol. The van der Waals surface area contributed by atoms with Crippen molar-refractivity contribution < 1.29 is 36.2 Å². The highest BCUT2D eigenvalue weighted by molar-refractivity contribution is 5.97. The van der Waals surface area contributed by atoms with E-state index in [2.05, 4.69) is 10.3 Å². The molecule has 7 nitrogen and oxygen atoms in total. The number of carbonyl (C=O) groups excluding carboxylic acids is 1. The van der Waals surface area contributed by atoms with E-state index in [-0.39, 0.29) is 17.1 Å². The second-order valence-corrected chi connectivity index (χ2v) is 10.9. The third-order valence-corrected chi connectivity index (χ3v) is 8.22. The van der Waals surface area contributed by atoms with Crippen LogP contribution in [0.25, 0.3) is 0 Å². The Morgan fingerprint density at radius 2 is 1.45 bits per heavy atom. The van der Waals surface area contributed by atoms with Crippen LogP contribution in [0.3, 0.4) is 0 Å². The van der Waals surface area contributed by atoms with Gasteiger partial charge in [-0.25, -0.2) is 9.67 Å². The van der Waals surface area contributed by atoms with E-state index < -0.39 is 47.8 Å². The molecule has 2 aliphatic rings. The quantitative estimate of drug-likeness (QED) is 0.259. The Labute approximate surface area is 248 Å². The summed E-state index contributed by atoms with van der Waals surface area (Å²) < 4.78 is 84.1. The number of hydrogen-bond acceptors (Lipinski definition) is 5. The third kappa shape index (κ3) is 5.51. The fraction of sp³-hybridized carbons (Fsp3) is 0.323. The van der Waals surface area contributed by atoms with Gasteiger partial charge in [0, 0.05) is 30.8 Å². The molecule has 1 fully saturated rings. The van der Waals surface area contributed by atoms with Crippen molar-refractivity contribution in [2.24, 2.45) is 0 Å². The predicted octanol–water partition coefficient (Wildman–Crippen LogP) is 6.28. The number of amides is 1. The van der Waals surface area contributed by atoms with Crippen LogP contribution < -0.4 is 10.2 Å². The fourth-order valence-corrected chi connectivity index (χ4v) is 6.10. The number of halogens is 6. The number of hydrogen-bond donors (Lipinski definition) is 2. The number of nitrogens with zero attached hydrogens (tertiary/aromatic N) is 4. The number of piperidine rings is 1. The van der Waals surface area contributed by atoms with E-state index in [1.165, 1.54) is 10.7 Å². The number of pyridine rings is 1. The van der Waals surface area contributed by atoms with Gasteiger partial charge in [0.2, 0.25) is 0 Å². The number of fused-ring (bicyclic) bond motifs is 1. The summed E-state index contributed by atoms with van der Waals surface area (Å²) in [5.74, 6) is -3.95. The van der Waals surface area contributed by atoms with Gasteiger partial charge in [-0.2, -0.15) is 31.4 Å². The highest BCUT2D eigenvalue weighted by Crippen LogP contribution is 2.49. The standard InChI is InChI=1S/C31H27F6N5O2/c32-30(33,34)21-11-12-22(38-17-21)41-15-13-18(14-16-41)25-23-24(31(35,36)37)27(43)29(44)39-28(23)42(40-25)26(19-7-3-1-4-8-19)20-9-5-2-6-10-20/h1-12,17-18,24,26-27,43H,13-16H2,(H,39,44). The lowest BCUT2D eigenvalue weighted by molar-refractivity contribution is -0.177. The normalized spacial score (nSPS) is 19.6. The van der Waals surface area contributed by atoms with E-state index in [0.717, 1.165) is 23.4 Å². The first-order valence-electron chi connectivity index (χ1n) is 14.0. The zero-order valence-corrected chi connectivity index (χ0v) is 23.1. The van der Waals surface area contributed by atoms with Crippen LogP contribution in [0.5, 0.6) is 0 Å². The van der Waals surface area contributed by atoms with Crippen LogP contribution in [0.2, 0.25) is 0 Å². The molecule has 2 aromatic carbocycles. The van der Waals surface area contributed by atoms with Crippen molar-refractivity contribution in [3.05, 3.63) is 107 Å². The van der Waals surface area contributed by atoms with E-state index in [9.17, 15) is 36.2 Å². The predicted molar refractivity (Wildman–Crippen MR) is 149 cm³/mol. The molecule has 2 unspecified atom stereocenters. The summed E-state index contributed by atoms with van der Waals surface area (Å²) in [7, 11) is 0. The zero-order chi connectivity index (χ0) is 31.2. The Bertz CT molecular complexity index is 1580. The van der Waals surface area contributed by atoms with Gasteiger partial charge in [-0.15, -0.1) is 0 Å². The maximum Gasteiger partial charge on any atom is 0.417 e. The Balaban J connectivity index is 1.42. The van der Waals surface area contributed by atoms with Crippen molar-refractivity contribution in [2.75, 3.05) is 23.3 Å². The lowest BCUT2D eigenvalue weighted by Gasteiger charge is -2.34. The summed E-state index contributed by atoms with van der Waals surface area (Å²) >= 11 is 0. The molecule has 44 heavy (non-hydrogen) atoms. The molecule has 4 heterocycles. The number of aliphatic hydroxyl groups excluding tert-OH is 1. The van der Waals surface area contributed by atoms with Crippen molar-refractivity contribution >= 4 is 17.5 Å². The molecule has 2 aliphatic heterocycles. The Morgan fingerprint density at radius 1 is 0.864 bits per heavy atom. The topological polar surface area (TPSA) is 83.3 Å². The molecule has 4 aromatic rings. The lowest BCUT2D eigenvalue weighted by Crippen LogP contribution is -2.45. The highest BCUT2D eigenvalue weighted by atomic mass is 19.4. The van der Waals surface area contributed by atoms with Crippen LogP contribution in [-0.2, 0) is 11.0 Å². The first-order valence-corrected chi connectivity index (χ1v) is 14.0. The van der Waals surface area contributed by atoms with Crippen LogP contribution in [0, 0.1) is 0 Å². The van der Waals surface area contributed by atoms with Gasteiger partial charge in [0.15, 0.2) is 0 Å². The Hall–Kier alpha value is -4.39. The van der Waals surface area contributed by atoms with Gasteiger partial charge in [-0.1, -0.05) is 60.7 Å². The third-order valence-electron chi connectivity index (χ3n) is 8.22. The van der Waals surface area contributed by atoms with E-state index in [1.807, 2.05) is 36.4 Å². The van der Waals surface area contributed by atoms with Crippen LogP contribution in [0.1, 0.15) is 58.7 Å². The molecule has 0 radical (unpaired) electrons. The molecular formula is C31H27F6N5O2. The van der Waals surface area contributed by atoms with Crippen molar-refractivity contribution in [1.29, 1.82) is 0 Å². The Kier molecular flexibility index (Phi) is 7.60. The van der Waals surface area contributed by atoms with Crippen molar-refractivity contribution in [2.45, 2.75) is 49.2 Å². The second kappa shape index (κ2) is 11.3. The summed E-state index contributed by atoms with van der Waals surface area (Å²) in [6.45, 7) is 0.605. The number of rotatable bonds is 5. The molecule has 2 aromatic heterocycles. The smallest absolute Gasteiger partial charge is 0.382 e. The number of aromatic nitrogens is 3. The average Bonchev–Trinajstić information content (AvgIpc) is 3.35. The summed E-state index contributed by atoms with van der Waals surface area (Å²) in [6.07, 6.45) is -10.4. The molecule has 2 N–H and O–H groups in total. The van der Waals surface area contributed by atoms with Gasteiger partial charge in [0.1, 0.15) is 29.7 Å². The van der Waals surface area contributed by atoms with Gasteiger partial charge >= 0.3 is 12.4 Å². The SMILES string of the molecule is O=C1Nc2c(c(C3CCN(c4ccc(C(F)(F)F)cn4)CC3)nn2C(c2ccccc2)c2ccccc2)C(C(F)(F)F)C1O. The minimum Gasteiger partial charge on any atom is -0.382 e. The van der Waals surface area contributed by atoms with E-state index in [0.29, 0.717) is 31.7 Å². The first-order chi connectivity index (χ1) is 20.9. The first kappa shape index (κ1) is 29.7. The fourth-order valence-electron chi connectivity index (χ4n) is 6.10. The summed E-state index contributed by atoms with van der Waals surface area (Å²) in [6, 6.07) is 19.6. The molecule has 1 amide bonds. The minimum absolute atomic E-state index is 0.123. The van der Waals surface area contributed by atoms with Crippen LogP contribution in [-0.4, -0.2) is 51.1 Å². The van der Waals surface area contributed by atoms with E-state index >= 15 is 0 Å². The Morgan fingerprint density at radius 3 is 1.95 bits per heavy atom. The molecule has 230 valence electrons. The summed E-state index contributed by atoms with van der Waals surface area (Å²) in [5, 5.41) is 17.8. The molecule has 13 heteroatoms. The molecule has 0 aliphatic carbocycles. The van der Waals surface area contributed by atoms with Crippen molar-refractivity contribution in [1.82, 2.24) is 14.8 Å². The zero-order valence-electron chi connectivity index (χ0n) is 23.1. The van der Waals surface area contributed by atoms with Gasteiger partial charge in [-0.3, -0.25) is 4.79 Å². The molecule has 0 spiro atoms. The monoisotopic (exact) mass is 615 g/mol. The number of benzene rings is 2. The number of nitrogens with one attached hydrogen (secondary N) is 1. The summed E-state index contributed by atoms with van der Waals surface area (Å²) in [5.41, 5.74) is 0.426. The minimum atomic E-state index is -4.95. The van der Waals surface area contributed by atoms with Gasteiger partial charge < -0.3 is 15.3 Å². The molecule has 6 rings (SSSR count). The van der Waals surface area contributed by atoms with Gasteiger partial charge in [0.05, 0.1) is 11.3 Å². The van der Waals surface area contributed by atoms with Crippen molar-refractivity contribution in [3.63, 3.8) is 0 Å². The molecule has 0 bridgehead atoms. The molecule has 0 saturated carbocycles. The van der Waals surface area contributed by atoms with Crippen LogP contribution in [0.15, 0.2) is 79.0 Å². The van der Waals surface area contributed by atoms with Crippen LogP contribution >= 0.6 is 0 Å². The summed E-state index contributed by atoms with van der Waals surface area (Å²) in [4.78, 5) is 18.5. The number of aliphatic hydroxyl groups is 1. The maximum atomic E-state index is 14.6. The largest absolute Gasteiger partial charge is 0.417 e. The lowest BCUT2D eigenvalue weighted by atomic mass is 9.82. The van der Waals surface area contributed by atoms with Crippen LogP contribution in [0.4, 0.5) is 38.0 Å². The van der Waals surface area contributed by atoms with E-state index in [4.69, 9.17) is 5.10 Å².